The second-order valence-electron chi connectivity index (χ2n) is 5.27. The van der Waals surface area contributed by atoms with E-state index in [2.05, 4.69) is 15.0 Å². The molecule has 0 fully saturated rings. The minimum Gasteiger partial charge on any atom is -0.493 e. The molecule has 0 N–H and O–H groups in total. The maximum absolute atomic E-state index is 13.3. The number of methoxy groups -OCH3 is 2. The number of benzene rings is 1. The highest BCUT2D eigenvalue weighted by atomic mass is 32.2. The third-order valence-corrected chi connectivity index (χ3v) is 4.40. The lowest BCUT2D eigenvalue weighted by molar-refractivity contribution is -0.141. The molecule has 2 heterocycles. The summed E-state index contributed by atoms with van der Waals surface area (Å²) in [5.41, 5.74) is -0.614. The van der Waals surface area contributed by atoms with Crippen molar-refractivity contribution in [2.75, 3.05) is 14.2 Å². The van der Waals surface area contributed by atoms with E-state index in [1.807, 2.05) is 0 Å². The summed E-state index contributed by atoms with van der Waals surface area (Å²) in [6.45, 7) is 0. The minimum absolute atomic E-state index is 0.0408. The number of rotatable bonds is 5. The molecule has 1 aromatic carbocycles. The van der Waals surface area contributed by atoms with Gasteiger partial charge in [-0.1, -0.05) is 11.8 Å². The molecule has 0 saturated carbocycles. The van der Waals surface area contributed by atoms with Crippen LogP contribution in [0.25, 0.3) is 11.4 Å². The van der Waals surface area contributed by atoms with Crippen LogP contribution in [-0.4, -0.2) is 29.2 Å². The third kappa shape index (κ3) is 4.48. The Balaban J connectivity index is 2.02. The fourth-order valence-electron chi connectivity index (χ4n) is 2.25. The van der Waals surface area contributed by atoms with E-state index in [1.165, 1.54) is 26.6 Å². The predicted molar refractivity (Wildman–Crippen MR) is 93.9 cm³/mol. The van der Waals surface area contributed by atoms with Crippen molar-refractivity contribution < 1.29 is 22.6 Å². The largest absolute Gasteiger partial charge is 0.493 e. The Labute approximate surface area is 157 Å². The zero-order valence-electron chi connectivity index (χ0n) is 14.3. The molecule has 0 spiro atoms. The Hall–Kier alpha value is -2.81. The van der Waals surface area contributed by atoms with E-state index in [0.717, 1.165) is 17.8 Å². The standard InChI is InChI=1S/C18H14F3N3O2S/c1-25-13-6-5-12(8-14(13)26-2)27-16-9-15(18(19,20)21)23-17(24-16)11-4-3-7-22-10-11/h3-10H,1-2H3. The topological polar surface area (TPSA) is 57.1 Å². The molecular weight excluding hydrogens is 379 g/mol. The Morgan fingerprint density at radius 3 is 2.37 bits per heavy atom. The van der Waals surface area contributed by atoms with E-state index in [9.17, 15) is 13.2 Å². The van der Waals surface area contributed by atoms with E-state index in [0.29, 0.717) is 22.0 Å². The average molecular weight is 393 g/mol. The lowest BCUT2D eigenvalue weighted by Gasteiger charge is -2.12. The van der Waals surface area contributed by atoms with Crippen molar-refractivity contribution in [1.82, 2.24) is 15.0 Å². The van der Waals surface area contributed by atoms with E-state index >= 15 is 0 Å². The van der Waals surface area contributed by atoms with Crippen molar-refractivity contribution in [2.45, 2.75) is 16.1 Å². The Bertz CT molecular complexity index is 937. The maximum Gasteiger partial charge on any atom is 0.433 e. The van der Waals surface area contributed by atoms with Crippen molar-refractivity contribution >= 4 is 11.8 Å². The van der Waals surface area contributed by atoms with Gasteiger partial charge in [0.2, 0.25) is 0 Å². The van der Waals surface area contributed by atoms with Gasteiger partial charge in [-0.2, -0.15) is 13.2 Å². The third-order valence-electron chi connectivity index (χ3n) is 3.49. The van der Waals surface area contributed by atoms with Gasteiger partial charge in [0.25, 0.3) is 0 Å². The summed E-state index contributed by atoms with van der Waals surface area (Å²) in [4.78, 5) is 12.5. The first-order chi connectivity index (χ1) is 12.9. The SMILES string of the molecule is COc1ccc(Sc2cc(C(F)(F)F)nc(-c3cccnc3)n2)cc1OC. The summed E-state index contributed by atoms with van der Waals surface area (Å²) in [6.07, 6.45) is -1.65. The molecule has 27 heavy (non-hydrogen) atoms. The van der Waals surface area contributed by atoms with Crippen LogP contribution in [0.3, 0.4) is 0 Å². The van der Waals surface area contributed by atoms with Crippen LogP contribution < -0.4 is 9.47 Å². The van der Waals surface area contributed by atoms with Crippen molar-refractivity contribution in [3.8, 4) is 22.9 Å². The van der Waals surface area contributed by atoms with Crippen LogP contribution in [0.4, 0.5) is 13.2 Å². The van der Waals surface area contributed by atoms with Crippen LogP contribution in [0, 0.1) is 0 Å². The summed E-state index contributed by atoms with van der Waals surface area (Å²) in [6, 6.07) is 9.19. The zero-order chi connectivity index (χ0) is 19.4. The first-order valence-electron chi connectivity index (χ1n) is 7.67. The number of pyridine rings is 1. The number of ether oxygens (including phenoxy) is 2. The highest BCUT2D eigenvalue weighted by molar-refractivity contribution is 7.99. The fraction of sp³-hybridized carbons (Fsp3) is 0.167. The van der Waals surface area contributed by atoms with Gasteiger partial charge in [-0.05, 0) is 30.3 Å². The Kier molecular flexibility index (Phi) is 5.50. The van der Waals surface area contributed by atoms with Crippen LogP contribution >= 0.6 is 11.8 Å². The van der Waals surface area contributed by atoms with Crippen LogP contribution in [0.1, 0.15) is 5.69 Å². The fourth-order valence-corrected chi connectivity index (χ4v) is 3.09. The van der Waals surface area contributed by atoms with Crippen LogP contribution in [0.15, 0.2) is 58.7 Å². The molecule has 0 bridgehead atoms. The minimum atomic E-state index is -4.59. The highest BCUT2D eigenvalue weighted by Crippen LogP contribution is 2.37. The normalized spacial score (nSPS) is 11.3. The van der Waals surface area contributed by atoms with Crippen molar-refractivity contribution in [3.63, 3.8) is 0 Å². The van der Waals surface area contributed by atoms with E-state index in [-0.39, 0.29) is 10.9 Å². The summed E-state index contributed by atoms with van der Waals surface area (Å²) in [5.74, 6) is 0.956. The number of alkyl halides is 3. The van der Waals surface area contributed by atoms with Crippen molar-refractivity contribution in [2.24, 2.45) is 0 Å². The molecule has 0 aliphatic carbocycles. The lowest BCUT2D eigenvalue weighted by atomic mass is 10.2. The van der Waals surface area contributed by atoms with Crippen LogP contribution in [0.2, 0.25) is 0 Å². The van der Waals surface area contributed by atoms with Gasteiger partial charge in [0, 0.05) is 28.9 Å². The highest BCUT2D eigenvalue weighted by Gasteiger charge is 2.34. The number of nitrogens with zero attached hydrogens (tertiary/aromatic N) is 3. The lowest BCUT2D eigenvalue weighted by Crippen LogP contribution is -2.10. The van der Waals surface area contributed by atoms with Gasteiger partial charge < -0.3 is 9.47 Å². The molecule has 9 heteroatoms. The average Bonchev–Trinajstić information content (AvgIpc) is 2.67. The predicted octanol–water partition coefficient (Wildman–Crippen LogP) is 4.73. The molecule has 0 radical (unpaired) electrons. The second kappa shape index (κ2) is 7.83. The molecule has 140 valence electrons. The summed E-state index contributed by atoms with van der Waals surface area (Å²) < 4.78 is 50.2. The van der Waals surface area contributed by atoms with Gasteiger partial charge in [0.05, 0.1) is 14.2 Å². The molecule has 0 atom stereocenters. The van der Waals surface area contributed by atoms with E-state index in [4.69, 9.17) is 9.47 Å². The molecule has 3 rings (SSSR count). The molecule has 0 saturated heterocycles. The van der Waals surface area contributed by atoms with Crippen molar-refractivity contribution in [3.05, 3.63) is 54.5 Å². The molecule has 3 aromatic rings. The van der Waals surface area contributed by atoms with Gasteiger partial charge in [0.15, 0.2) is 17.3 Å². The molecular formula is C18H14F3N3O2S. The summed E-state index contributed by atoms with van der Waals surface area (Å²) >= 11 is 1.07. The molecule has 0 aliphatic heterocycles. The second-order valence-corrected chi connectivity index (χ2v) is 6.37. The number of hydrogen-bond donors (Lipinski definition) is 0. The number of aromatic nitrogens is 3. The van der Waals surface area contributed by atoms with Gasteiger partial charge in [-0.25, -0.2) is 9.97 Å². The molecule has 5 nitrogen and oxygen atoms in total. The van der Waals surface area contributed by atoms with Gasteiger partial charge in [-0.3, -0.25) is 4.98 Å². The molecule has 0 unspecified atom stereocenters. The Morgan fingerprint density at radius 1 is 0.963 bits per heavy atom. The zero-order valence-corrected chi connectivity index (χ0v) is 15.1. The molecule has 0 aliphatic rings. The first-order valence-corrected chi connectivity index (χ1v) is 8.49. The number of halogens is 3. The van der Waals surface area contributed by atoms with E-state index in [1.54, 1.807) is 30.3 Å². The number of hydrogen-bond acceptors (Lipinski definition) is 6. The van der Waals surface area contributed by atoms with Gasteiger partial charge >= 0.3 is 6.18 Å². The van der Waals surface area contributed by atoms with Gasteiger partial charge in [0.1, 0.15) is 10.7 Å². The van der Waals surface area contributed by atoms with Crippen molar-refractivity contribution in [1.29, 1.82) is 0 Å². The monoisotopic (exact) mass is 393 g/mol. The molecule has 2 aromatic heterocycles. The summed E-state index contributed by atoms with van der Waals surface area (Å²) in [7, 11) is 2.99. The first kappa shape index (κ1) is 19.0. The Morgan fingerprint density at radius 2 is 1.74 bits per heavy atom. The smallest absolute Gasteiger partial charge is 0.433 e. The van der Waals surface area contributed by atoms with Crippen LogP contribution in [0.5, 0.6) is 11.5 Å². The van der Waals surface area contributed by atoms with Crippen LogP contribution in [-0.2, 0) is 6.18 Å². The summed E-state index contributed by atoms with van der Waals surface area (Å²) in [5, 5.41) is 0.156. The van der Waals surface area contributed by atoms with Gasteiger partial charge in [-0.15, -0.1) is 0 Å². The maximum atomic E-state index is 13.3. The molecule has 0 amide bonds. The quantitative estimate of drug-likeness (QED) is 0.585. The van der Waals surface area contributed by atoms with E-state index < -0.39 is 11.9 Å².